The Kier molecular flexibility index (Phi) is 8.30. The highest BCUT2D eigenvalue weighted by Gasteiger charge is 2.27. The molecule has 1 aliphatic rings. The van der Waals surface area contributed by atoms with Crippen LogP contribution in [0.1, 0.15) is 30.4 Å². The Morgan fingerprint density at radius 1 is 1.12 bits per heavy atom. The van der Waals surface area contributed by atoms with Crippen molar-refractivity contribution in [3.05, 3.63) is 53.6 Å². The van der Waals surface area contributed by atoms with E-state index in [0.29, 0.717) is 29.9 Å². The summed E-state index contributed by atoms with van der Waals surface area (Å²) in [6.07, 6.45) is 5.27. The average Bonchev–Trinajstić information content (AvgIpc) is 2.83. The zero-order valence-corrected chi connectivity index (χ0v) is 19.9. The van der Waals surface area contributed by atoms with E-state index in [4.69, 9.17) is 9.47 Å². The van der Waals surface area contributed by atoms with Crippen LogP contribution in [0.5, 0.6) is 11.5 Å². The van der Waals surface area contributed by atoms with Crippen LogP contribution in [-0.4, -0.2) is 56.5 Å². The molecule has 1 aliphatic heterocycles. The van der Waals surface area contributed by atoms with Gasteiger partial charge in [0, 0.05) is 24.9 Å². The van der Waals surface area contributed by atoms with Crippen LogP contribution in [0.3, 0.4) is 0 Å². The van der Waals surface area contributed by atoms with Crippen LogP contribution in [0.25, 0.3) is 6.08 Å². The number of nitrogens with zero attached hydrogens (tertiary/aromatic N) is 1. The maximum absolute atomic E-state index is 13.0. The predicted molar refractivity (Wildman–Crippen MR) is 127 cm³/mol. The standard InChI is InChI=1S/C24H28N2O7S/c1-17-6-9-19(15-22(17)34(30,31)26-12-4-3-5-13-26)25-23(28)16-33-24(29)11-8-18-7-10-20(27)21(14-18)32-2/h6-11,14-15,27H,3-5,12-13,16H2,1-2H3,(H,25,28). The number of phenolic OH excluding ortho intramolecular Hbond substituents is 1. The van der Waals surface area contributed by atoms with E-state index in [2.05, 4.69) is 5.32 Å². The molecule has 0 radical (unpaired) electrons. The molecule has 1 fully saturated rings. The second-order valence-electron chi connectivity index (χ2n) is 7.87. The molecule has 10 heteroatoms. The van der Waals surface area contributed by atoms with Crippen molar-refractivity contribution in [3.63, 3.8) is 0 Å². The number of carbonyl (C=O) groups is 2. The molecule has 2 aromatic carbocycles. The van der Waals surface area contributed by atoms with Crippen molar-refractivity contribution < 1.29 is 32.6 Å². The van der Waals surface area contributed by atoms with Gasteiger partial charge in [0.1, 0.15) is 0 Å². The lowest BCUT2D eigenvalue weighted by Gasteiger charge is -2.26. The van der Waals surface area contributed by atoms with E-state index in [9.17, 15) is 23.1 Å². The largest absolute Gasteiger partial charge is 0.504 e. The molecule has 2 aromatic rings. The molecule has 0 saturated carbocycles. The van der Waals surface area contributed by atoms with E-state index in [1.54, 1.807) is 31.2 Å². The lowest BCUT2D eigenvalue weighted by atomic mass is 10.2. The second kappa shape index (κ2) is 11.2. The predicted octanol–water partition coefficient (Wildman–Crippen LogP) is 3.08. The Hall–Kier alpha value is -3.37. The first-order chi connectivity index (χ1) is 16.2. The van der Waals surface area contributed by atoms with Gasteiger partial charge in [0.2, 0.25) is 10.0 Å². The van der Waals surface area contributed by atoms with Gasteiger partial charge in [-0.05, 0) is 61.2 Å². The number of rotatable bonds is 8. The second-order valence-corrected chi connectivity index (χ2v) is 9.77. The third-order valence-electron chi connectivity index (χ3n) is 5.37. The van der Waals surface area contributed by atoms with E-state index in [0.717, 1.165) is 25.3 Å². The molecule has 1 amide bonds. The van der Waals surface area contributed by atoms with E-state index in [1.165, 1.54) is 29.6 Å². The number of piperidine rings is 1. The number of benzene rings is 2. The summed E-state index contributed by atoms with van der Waals surface area (Å²) in [4.78, 5) is 24.3. The Morgan fingerprint density at radius 3 is 2.56 bits per heavy atom. The molecule has 34 heavy (non-hydrogen) atoms. The van der Waals surface area contributed by atoms with Crippen molar-refractivity contribution in [1.82, 2.24) is 4.31 Å². The number of hydrogen-bond acceptors (Lipinski definition) is 7. The van der Waals surface area contributed by atoms with E-state index in [-0.39, 0.29) is 16.4 Å². The fraction of sp³-hybridized carbons (Fsp3) is 0.333. The smallest absolute Gasteiger partial charge is 0.331 e. The number of aryl methyl sites for hydroxylation is 1. The topological polar surface area (TPSA) is 122 Å². The molecule has 0 bridgehead atoms. The molecule has 0 unspecified atom stereocenters. The van der Waals surface area contributed by atoms with Gasteiger partial charge < -0.3 is 19.9 Å². The minimum absolute atomic E-state index is 0.0260. The average molecular weight is 489 g/mol. The van der Waals surface area contributed by atoms with Gasteiger partial charge in [0.15, 0.2) is 18.1 Å². The summed E-state index contributed by atoms with van der Waals surface area (Å²) in [5.74, 6) is -1.10. The molecule has 2 N–H and O–H groups in total. The third-order valence-corrected chi connectivity index (χ3v) is 7.41. The summed E-state index contributed by atoms with van der Waals surface area (Å²) in [6.45, 7) is 2.14. The third kappa shape index (κ3) is 6.36. The first kappa shape index (κ1) is 25.3. The van der Waals surface area contributed by atoms with Gasteiger partial charge >= 0.3 is 5.97 Å². The summed E-state index contributed by atoms with van der Waals surface area (Å²) >= 11 is 0. The highest BCUT2D eigenvalue weighted by Crippen LogP contribution is 2.27. The SMILES string of the molecule is COc1cc(C=CC(=O)OCC(=O)Nc2ccc(C)c(S(=O)(=O)N3CCCCC3)c2)ccc1O. The van der Waals surface area contributed by atoms with Gasteiger partial charge in [-0.25, -0.2) is 13.2 Å². The number of sulfonamides is 1. The van der Waals surface area contributed by atoms with E-state index >= 15 is 0 Å². The fourth-order valence-electron chi connectivity index (χ4n) is 3.54. The number of methoxy groups -OCH3 is 1. The number of anilines is 1. The van der Waals surface area contributed by atoms with Crippen LogP contribution < -0.4 is 10.1 Å². The zero-order chi connectivity index (χ0) is 24.7. The molecule has 1 saturated heterocycles. The van der Waals surface area contributed by atoms with Crippen molar-refractivity contribution in [2.24, 2.45) is 0 Å². The van der Waals surface area contributed by atoms with Gasteiger partial charge in [0.05, 0.1) is 12.0 Å². The summed E-state index contributed by atoms with van der Waals surface area (Å²) in [5, 5.41) is 12.2. The van der Waals surface area contributed by atoms with Crippen molar-refractivity contribution >= 4 is 33.7 Å². The van der Waals surface area contributed by atoms with E-state index in [1.807, 2.05) is 0 Å². The van der Waals surface area contributed by atoms with Gasteiger partial charge in [0.25, 0.3) is 5.91 Å². The number of aromatic hydroxyl groups is 1. The van der Waals surface area contributed by atoms with Crippen LogP contribution in [0.2, 0.25) is 0 Å². The van der Waals surface area contributed by atoms with E-state index < -0.39 is 28.5 Å². The Bertz CT molecular complexity index is 1190. The van der Waals surface area contributed by atoms with Crippen LogP contribution in [-0.2, 0) is 24.3 Å². The maximum atomic E-state index is 13.0. The summed E-state index contributed by atoms with van der Waals surface area (Å²) in [5.41, 5.74) is 1.48. The molecule has 182 valence electrons. The monoisotopic (exact) mass is 488 g/mol. The molecule has 0 atom stereocenters. The lowest BCUT2D eigenvalue weighted by Crippen LogP contribution is -2.36. The Balaban J connectivity index is 1.58. The Morgan fingerprint density at radius 2 is 1.85 bits per heavy atom. The highest BCUT2D eigenvalue weighted by atomic mass is 32.2. The van der Waals surface area contributed by atoms with Crippen molar-refractivity contribution in [2.45, 2.75) is 31.1 Å². The molecule has 0 aliphatic carbocycles. The molecular formula is C24H28N2O7S. The zero-order valence-electron chi connectivity index (χ0n) is 19.1. The maximum Gasteiger partial charge on any atom is 0.331 e. The molecule has 9 nitrogen and oxygen atoms in total. The minimum Gasteiger partial charge on any atom is -0.504 e. The number of phenols is 1. The minimum atomic E-state index is -3.66. The van der Waals surface area contributed by atoms with Gasteiger partial charge in [-0.1, -0.05) is 18.6 Å². The molecule has 0 spiro atoms. The summed E-state index contributed by atoms with van der Waals surface area (Å²) in [6, 6.07) is 9.21. The van der Waals surface area contributed by atoms with Crippen LogP contribution in [0.4, 0.5) is 5.69 Å². The summed E-state index contributed by atoms with van der Waals surface area (Å²) < 4.78 is 37.5. The van der Waals surface area contributed by atoms with Crippen molar-refractivity contribution in [2.75, 3.05) is 32.1 Å². The quantitative estimate of drug-likeness (QED) is 0.432. The summed E-state index contributed by atoms with van der Waals surface area (Å²) in [7, 11) is -2.24. The lowest BCUT2D eigenvalue weighted by molar-refractivity contribution is -0.142. The highest BCUT2D eigenvalue weighted by molar-refractivity contribution is 7.89. The number of carbonyl (C=O) groups excluding carboxylic acids is 2. The first-order valence-corrected chi connectivity index (χ1v) is 12.3. The Labute approximate surface area is 199 Å². The number of hydrogen-bond donors (Lipinski definition) is 2. The first-order valence-electron chi connectivity index (χ1n) is 10.8. The van der Waals surface area contributed by atoms with Crippen molar-refractivity contribution in [3.8, 4) is 11.5 Å². The number of amides is 1. The molecule has 1 heterocycles. The van der Waals surface area contributed by atoms with Gasteiger partial charge in [-0.2, -0.15) is 4.31 Å². The van der Waals surface area contributed by atoms with Crippen LogP contribution >= 0.6 is 0 Å². The molecular weight excluding hydrogens is 460 g/mol. The van der Waals surface area contributed by atoms with Crippen molar-refractivity contribution in [1.29, 1.82) is 0 Å². The van der Waals surface area contributed by atoms with Crippen LogP contribution in [0, 0.1) is 6.92 Å². The molecule has 3 rings (SSSR count). The van der Waals surface area contributed by atoms with Gasteiger partial charge in [-0.15, -0.1) is 0 Å². The normalized spacial score (nSPS) is 14.6. The fourth-order valence-corrected chi connectivity index (χ4v) is 5.31. The number of ether oxygens (including phenoxy) is 2. The van der Waals surface area contributed by atoms with Gasteiger partial charge in [-0.3, -0.25) is 4.79 Å². The number of esters is 1. The molecule has 0 aromatic heterocycles. The van der Waals surface area contributed by atoms with Crippen LogP contribution in [0.15, 0.2) is 47.4 Å². The number of nitrogens with one attached hydrogen (secondary N) is 1.